The maximum absolute atomic E-state index is 13.8. The number of hydrogen-bond donors (Lipinski definition) is 1. The molecule has 5 heteroatoms. The van der Waals surface area contributed by atoms with E-state index in [-0.39, 0.29) is 11.8 Å². The molecule has 4 nitrogen and oxygen atoms in total. The summed E-state index contributed by atoms with van der Waals surface area (Å²) in [6.07, 6.45) is 7.22. The first kappa shape index (κ1) is 10.7. The van der Waals surface area contributed by atoms with Crippen molar-refractivity contribution in [2.75, 3.05) is 17.2 Å². The molecular weight excluding hydrogens is 219 g/mol. The SMILES string of the molecule is Nc1ncc(F)c(N2CCCC3CCCC32)n1. The Morgan fingerprint density at radius 1 is 1.29 bits per heavy atom. The minimum absolute atomic E-state index is 0.154. The molecular formula is C12H17FN4. The summed E-state index contributed by atoms with van der Waals surface area (Å²) in [5, 5.41) is 0. The predicted octanol–water partition coefficient (Wildman–Crippen LogP) is 1.97. The topological polar surface area (TPSA) is 55.0 Å². The number of fused-ring (bicyclic) bond motifs is 1. The first-order valence-corrected chi connectivity index (χ1v) is 6.30. The number of anilines is 2. The Balaban J connectivity index is 1.94. The van der Waals surface area contributed by atoms with E-state index in [1.165, 1.54) is 25.5 Å². The van der Waals surface area contributed by atoms with Crippen molar-refractivity contribution in [3.8, 4) is 0 Å². The molecule has 2 fully saturated rings. The largest absolute Gasteiger partial charge is 0.368 e. The highest BCUT2D eigenvalue weighted by Gasteiger charge is 2.36. The van der Waals surface area contributed by atoms with Crippen molar-refractivity contribution in [1.82, 2.24) is 9.97 Å². The minimum Gasteiger partial charge on any atom is -0.368 e. The van der Waals surface area contributed by atoms with Crippen LogP contribution in [0.15, 0.2) is 6.20 Å². The zero-order chi connectivity index (χ0) is 11.8. The van der Waals surface area contributed by atoms with Crippen LogP contribution >= 0.6 is 0 Å². The van der Waals surface area contributed by atoms with Gasteiger partial charge in [-0.3, -0.25) is 0 Å². The molecule has 1 saturated carbocycles. The molecule has 1 aliphatic heterocycles. The number of nitrogens with two attached hydrogens (primary N) is 1. The normalized spacial score (nSPS) is 28.2. The molecule has 1 aromatic heterocycles. The van der Waals surface area contributed by atoms with E-state index in [0.29, 0.717) is 17.8 Å². The van der Waals surface area contributed by atoms with Crippen LogP contribution < -0.4 is 10.6 Å². The summed E-state index contributed by atoms with van der Waals surface area (Å²) in [6.45, 7) is 0.883. The highest BCUT2D eigenvalue weighted by atomic mass is 19.1. The van der Waals surface area contributed by atoms with Gasteiger partial charge in [0, 0.05) is 12.6 Å². The van der Waals surface area contributed by atoms with Gasteiger partial charge in [-0.25, -0.2) is 9.37 Å². The number of aromatic nitrogens is 2. The van der Waals surface area contributed by atoms with Crippen LogP contribution in [0.3, 0.4) is 0 Å². The molecule has 0 radical (unpaired) electrons. The Hall–Kier alpha value is -1.39. The molecule has 17 heavy (non-hydrogen) atoms. The zero-order valence-electron chi connectivity index (χ0n) is 9.77. The van der Waals surface area contributed by atoms with Crippen molar-refractivity contribution >= 4 is 11.8 Å². The van der Waals surface area contributed by atoms with Gasteiger partial charge in [-0.05, 0) is 31.6 Å². The predicted molar refractivity (Wildman–Crippen MR) is 64.1 cm³/mol. The van der Waals surface area contributed by atoms with Crippen LogP contribution in [-0.4, -0.2) is 22.6 Å². The lowest BCUT2D eigenvalue weighted by Crippen LogP contribution is -2.43. The van der Waals surface area contributed by atoms with E-state index in [4.69, 9.17) is 5.73 Å². The van der Waals surface area contributed by atoms with E-state index in [2.05, 4.69) is 14.9 Å². The standard InChI is InChI=1S/C12H17FN4/c13-9-7-15-12(14)16-11(9)17-6-2-4-8-3-1-5-10(8)17/h7-8,10H,1-6H2,(H2,14,15,16). The minimum atomic E-state index is -0.355. The summed E-state index contributed by atoms with van der Waals surface area (Å²) < 4.78 is 13.8. The van der Waals surface area contributed by atoms with Gasteiger partial charge in [0.05, 0.1) is 6.20 Å². The summed E-state index contributed by atoms with van der Waals surface area (Å²) in [5.74, 6) is 0.904. The first-order chi connectivity index (χ1) is 8.25. The molecule has 0 amide bonds. The van der Waals surface area contributed by atoms with Gasteiger partial charge in [-0.15, -0.1) is 0 Å². The Kier molecular flexibility index (Phi) is 2.61. The third-order valence-electron chi connectivity index (χ3n) is 4.01. The molecule has 3 rings (SSSR count). The third-order valence-corrected chi connectivity index (χ3v) is 4.01. The average Bonchev–Trinajstić information content (AvgIpc) is 2.80. The lowest BCUT2D eigenvalue weighted by Gasteiger charge is -2.38. The van der Waals surface area contributed by atoms with Crippen molar-refractivity contribution in [3.05, 3.63) is 12.0 Å². The highest BCUT2D eigenvalue weighted by Crippen LogP contribution is 2.39. The van der Waals surface area contributed by atoms with Gasteiger partial charge in [0.2, 0.25) is 5.95 Å². The van der Waals surface area contributed by atoms with Crippen LogP contribution in [0.2, 0.25) is 0 Å². The Morgan fingerprint density at radius 3 is 3.00 bits per heavy atom. The maximum Gasteiger partial charge on any atom is 0.222 e. The zero-order valence-corrected chi connectivity index (χ0v) is 9.77. The number of nitrogen functional groups attached to an aromatic ring is 1. The van der Waals surface area contributed by atoms with Gasteiger partial charge >= 0.3 is 0 Å². The number of nitrogens with zero attached hydrogens (tertiary/aromatic N) is 3. The fraction of sp³-hybridized carbons (Fsp3) is 0.667. The fourth-order valence-corrected chi connectivity index (χ4v) is 3.29. The lowest BCUT2D eigenvalue weighted by atomic mass is 9.92. The summed E-state index contributed by atoms with van der Waals surface area (Å²) in [6, 6.07) is 0.451. The van der Waals surface area contributed by atoms with Gasteiger partial charge in [-0.2, -0.15) is 4.98 Å². The van der Waals surface area contributed by atoms with Crippen molar-refractivity contribution in [1.29, 1.82) is 0 Å². The van der Waals surface area contributed by atoms with Gasteiger partial charge in [0.15, 0.2) is 11.6 Å². The first-order valence-electron chi connectivity index (χ1n) is 6.30. The molecule has 2 unspecified atom stereocenters. The van der Waals surface area contributed by atoms with Crippen LogP contribution in [-0.2, 0) is 0 Å². The van der Waals surface area contributed by atoms with E-state index < -0.39 is 0 Å². The van der Waals surface area contributed by atoms with Gasteiger partial charge < -0.3 is 10.6 Å². The second-order valence-electron chi connectivity index (χ2n) is 4.99. The quantitative estimate of drug-likeness (QED) is 0.810. The fourth-order valence-electron chi connectivity index (χ4n) is 3.29. The molecule has 2 atom stereocenters. The molecule has 92 valence electrons. The van der Waals surface area contributed by atoms with Crippen LogP contribution in [0, 0.1) is 11.7 Å². The summed E-state index contributed by atoms with van der Waals surface area (Å²) in [5.41, 5.74) is 5.56. The summed E-state index contributed by atoms with van der Waals surface area (Å²) in [4.78, 5) is 9.86. The Morgan fingerprint density at radius 2 is 2.12 bits per heavy atom. The summed E-state index contributed by atoms with van der Waals surface area (Å²) >= 11 is 0. The van der Waals surface area contributed by atoms with E-state index in [0.717, 1.165) is 19.4 Å². The van der Waals surface area contributed by atoms with Crippen LogP contribution in [0.1, 0.15) is 32.1 Å². The Bertz CT molecular complexity index is 423. The lowest BCUT2D eigenvalue weighted by molar-refractivity contribution is 0.357. The van der Waals surface area contributed by atoms with E-state index in [1.54, 1.807) is 0 Å². The molecule has 2 aliphatic rings. The molecule has 1 saturated heterocycles. The molecule has 1 aliphatic carbocycles. The number of rotatable bonds is 1. The van der Waals surface area contributed by atoms with Crippen LogP contribution in [0.5, 0.6) is 0 Å². The van der Waals surface area contributed by atoms with E-state index >= 15 is 0 Å². The average molecular weight is 236 g/mol. The smallest absolute Gasteiger partial charge is 0.222 e. The van der Waals surface area contributed by atoms with Gasteiger partial charge in [0.1, 0.15) is 0 Å². The van der Waals surface area contributed by atoms with Crippen molar-refractivity contribution in [2.45, 2.75) is 38.1 Å². The third kappa shape index (κ3) is 1.83. The van der Waals surface area contributed by atoms with E-state index in [1.807, 2.05) is 0 Å². The van der Waals surface area contributed by atoms with Crippen molar-refractivity contribution in [3.63, 3.8) is 0 Å². The maximum atomic E-state index is 13.8. The molecule has 0 bridgehead atoms. The second kappa shape index (κ2) is 4.13. The Labute approximate surface area is 100 Å². The van der Waals surface area contributed by atoms with Crippen molar-refractivity contribution < 1.29 is 4.39 Å². The van der Waals surface area contributed by atoms with E-state index in [9.17, 15) is 4.39 Å². The van der Waals surface area contributed by atoms with Gasteiger partial charge in [0.25, 0.3) is 0 Å². The van der Waals surface area contributed by atoms with Crippen LogP contribution in [0.25, 0.3) is 0 Å². The molecule has 2 N–H and O–H groups in total. The van der Waals surface area contributed by atoms with Gasteiger partial charge in [-0.1, -0.05) is 6.42 Å². The highest BCUT2D eigenvalue weighted by molar-refractivity contribution is 5.44. The van der Waals surface area contributed by atoms with Crippen LogP contribution in [0.4, 0.5) is 16.2 Å². The molecule has 1 aromatic rings. The second-order valence-corrected chi connectivity index (χ2v) is 4.99. The number of piperidine rings is 1. The summed E-state index contributed by atoms with van der Waals surface area (Å²) in [7, 11) is 0. The number of halogens is 1. The molecule has 0 aromatic carbocycles. The van der Waals surface area contributed by atoms with Crippen molar-refractivity contribution in [2.24, 2.45) is 5.92 Å². The monoisotopic (exact) mass is 236 g/mol. The molecule has 2 heterocycles. The molecule has 0 spiro atoms. The number of hydrogen-bond acceptors (Lipinski definition) is 4.